The number of ether oxygens (including phenoxy) is 3. The number of aliphatic hydroxyl groups is 1. The molecule has 1 aliphatic rings. The molecular weight excluding hydrogens is 496 g/mol. The lowest BCUT2D eigenvalue weighted by molar-refractivity contribution is 0.0378. The molecule has 0 radical (unpaired) electrons. The maximum Gasteiger partial charge on any atom is 0.184 e. The van der Waals surface area contributed by atoms with Gasteiger partial charge in [0.15, 0.2) is 18.0 Å². The minimum atomic E-state index is -1.12. The van der Waals surface area contributed by atoms with Crippen LogP contribution in [-0.2, 0) is 4.84 Å². The van der Waals surface area contributed by atoms with Crippen molar-refractivity contribution >= 4 is 5.71 Å². The van der Waals surface area contributed by atoms with Gasteiger partial charge in [-0.1, -0.05) is 40.1 Å². The Hall–Kier alpha value is -4.30. The summed E-state index contributed by atoms with van der Waals surface area (Å²) in [5.74, 6) is 2.34. The third-order valence-electron chi connectivity index (χ3n) is 6.88. The molecule has 8 nitrogen and oxygen atoms in total. The molecule has 8 heteroatoms. The van der Waals surface area contributed by atoms with Crippen molar-refractivity contribution in [2.45, 2.75) is 46.0 Å². The lowest BCUT2D eigenvalue weighted by Gasteiger charge is -2.32. The molecule has 0 spiro atoms. The SMILES string of the molecule is COc1cccc([C@H]2Oc3ccc(OC)cc3C(=NO[C@@H](C)c3cc(-c4c(C)cc(C)cc4C)no3)[C@@H]2O)c1. The summed E-state index contributed by atoms with van der Waals surface area (Å²) in [6.07, 6.45) is -2.40. The normalized spacial score (nSPS) is 18.3. The number of aryl methyl sites for hydroxylation is 3. The van der Waals surface area contributed by atoms with Crippen molar-refractivity contribution in [2.24, 2.45) is 5.16 Å². The van der Waals surface area contributed by atoms with Crippen molar-refractivity contribution in [2.75, 3.05) is 14.2 Å². The van der Waals surface area contributed by atoms with Crippen molar-refractivity contribution in [3.05, 3.63) is 94.2 Å². The van der Waals surface area contributed by atoms with Crippen LogP contribution in [0.25, 0.3) is 11.3 Å². The summed E-state index contributed by atoms with van der Waals surface area (Å²) in [6, 6.07) is 18.9. The third-order valence-corrected chi connectivity index (χ3v) is 6.88. The molecule has 1 aliphatic heterocycles. The van der Waals surface area contributed by atoms with Gasteiger partial charge in [-0.25, -0.2) is 0 Å². The first kappa shape index (κ1) is 26.3. The van der Waals surface area contributed by atoms with Crippen molar-refractivity contribution in [1.29, 1.82) is 0 Å². The Morgan fingerprint density at radius 3 is 2.36 bits per heavy atom. The molecule has 3 aromatic carbocycles. The zero-order chi connectivity index (χ0) is 27.7. The number of rotatable bonds is 7. The Morgan fingerprint density at radius 1 is 0.923 bits per heavy atom. The van der Waals surface area contributed by atoms with Crippen LogP contribution in [0, 0.1) is 20.8 Å². The van der Waals surface area contributed by atoms with E-state index in [2.05, 4.69) is 43.2 Å². The van der Waals surface area contributed by atoms with Crippen LogP contribution in [0.4, 0.5) is 0 Å². The van der Waals surface area contributed by atoms with Gasteiger partial charge >= 0.3 is 0 Å². The Morgan fingerprint density at radius 2 is 1.64 bits per heavy atom. The lowest BCUT2D eigenvalue weighted by Crippen LogP contribution is -2.37. The van der Waals surface area contributed by atoms with Gasteiger partial charge in [0, 0.05) is 17.2 Å². The summed E-state index contributed by atoms with van der Waals surface area (Å²) in [5, 5.41) is 20.1. The standard InChI is InChI=1S/C31H32N2O6/c1-17-12-18(2)28(19(3)13-17)25-16-27(39-32-25)20(4)38-33-29-24-15-23(36-6)10-11-26(24)37-31(30(29)34)21-8-7-9-22(14-21)35-5/h7-16,20,30-31,34H,1-6H3/t20-,30-,31+/m0/s1. The van der Waals surface area contributed by atoms with Gasteiger partial charge in [0.25, 0.3) is 0 Å². The molecule has 39 heavy (non-hydrogen) atoms. The summed E-state index contributed by atoms with van der Waals surface area (Å²) >= 11 is 0. The minimum Gasteiger partial charge on any atom is -0.497 e. The average Bonchev–Trinajstić information content (AvgIpc) is 3.41. The summed E-state index contributed by atoms with van der Waals surface area (Å²) in [6.45, 7) is 8.02. The molecule has 3 atom stereocenters. The van der Waals surface area contributed by atoms with Gasteiger partial charge in [0.2, 0.25) is 0 Å². The predicted octanol–water partition coefficient (Wildman–Crippen LogP) is 6.26. The van der Waals surface area contributed by atoms with Gasteiger partial charge in [-0.15, -0.1) is 0 Å². The second-order valence-corrected chi connectivity index (χ2v) is 9.73. The number of hydrogen-bond acceptors (Lipinski definition) is 8. The fourth-order valence-corrected chi connectivity index (χ4v) is 4.99. The van der Waals surface area contributed by atoms with E-state index in [9.17, 15) is 5.11 Å². The van der Waals surface area contributed by atoms with Gasteiger partial charge < -0.3 is 28.7 Å². The van der Waals surface area contributed by atoms with Crippen LogP contribution in [0.5, 0.6) is 17.2 Å². The van der Waals surface area contributed by atoms with E-state index in [0.717, 1.165) is 27.9 Å². The van der Waals surface area contributed by atoms with Crippen LogP contribution in [0.1, 0.15) is 52.7 Å². The van der Waals surface area contributed by atoms with Crippen LogP contribution >= 0.6 is 0 Å². The highest BCUT2D eigenvalue weighted by Gasteiger charge is 2.37. The maximum absolute atomic E-state index is 11.4. The van der Waals surface area contributed by atoms with Crippen LogP contribution in [0.15, 0.2) is 70.3 Å². The van der Waals surface area contributed by atoms with Crippen LogP contribution in [-0.4, -0.2) is 36.3 Å². The predicted molar refractivity (Wildman–Crippen MR) is 148 cm³/mol. The number of oxime groups is 1. The molecule has 0 aliphatic carbocycles. The Labute approximate surface area is 227 Å². The second kappa shape index (κ2) is 10.8. The fourth-order valence-electron chi connectivity index (χ4n) is 4.99. The maximum atomic E-state index is 11.4. The summed E-state index contributed by atoms with van der Waals surface area (Å²) in [5.41, 5.74) is 6.87. The highest BCUT2D eigenvalue weighted by Crippen LogP contribution is 2.39. The minimum absolute atomic E-state index is 0.319. The van der Waals surface area contributed by atoms with Crippen molar-refractivity contribution in [1.82, 2.24) is 5.16 Å². The van der Waals surface area contributed by atoms with E-state index in [1.807, 2.05) is 37.3 Å². The fraction of sp³-hybridized carbons (Fsp3) is 0.290. The Kier molecular flexibility index (Phi) is 7.30. The van der Waals surface area contributed by atoms with Gasteiger partial charge in [-0.3, -0.25) is 0 Å². The van der Waals surface area contributed by atoms with E-state index in [0.29, 0.717) is 34.3 Å². The van der Waals surface area contributed by atoms with Crippen LogP contribution < -0.4 is 14.2 Å². The molecule has 1 aromatic heterocycles. The molecule has 4 aromatic rings. The van der Waals surface area contributed by atoms with E-state index in [1.54, 1.807) is 32.4 Å². The van der Waals surface area contributed by atoms with Gasteiger partial charge in [0.05, 0.1) is 14.2 Å². The van der Waals surface area contributed by atoms with E-state index in [-0.39, 0.29) is 0 Å². The lowest BCUT2D eigenvalue weighted by atomic mass is 9.92. The second-order valence-electron chi connectivity index (χ2n) is 9.73. The molecule has 0 saturated carbocycles. The molecule has 2 heterocycles. The molecule has 5 rings (SSSR count). The number of aliphatic hydroxyl groups excluding tert-OH is 1. The summed E-state index contributed by atoms with van der Waals surface area (Å²) < 4.78 is 22.6. The monoisotopic (exact) mass is 528 g/mol. The third kappa shape index (κ3) is 5.20. The van der Waals surface area contributed by atoms with Crippen molar-refractivity contribution < 1.29 is 28.7 Å². The zero-order valence-corrected chi connectivity index (χ0v) is 22.9. The Bertz CT molecular complexity index is 1500. The number of benzene rings is 3. The molecule has 1 N–H and O–H groups in total. The highest BCUT2D eigenvalue weighted by molar-refractivity contribution is 6.07. The van der Waals surface area contributed by atoms with E-state index < -0.39 is 18.3 Å². The van der Waals surface area contributed by atoms with Gasteiger partial charge in [-0.2, -0.15) is 0 Å². The summed E-state index contributed by atoms with van der Waals surface area (Å²) in [4.78, 5) is 5.90. The van der Waals surface area contributed by atoms with E-state index >= 15 is 0 Å². The number of fused-ring (bicyclic) bond motifs is 1. The molecular formula is C31H32N2O6. The first-order valence-electron chi connectivity index (χ1n) is 12.7. The molecule has 202 valence electrons. The van der Waals surface area contributed by atoms with Crippen LogP contribution in [0.2, 0.25) is 0 Å². The van der Waals surface area contributed by atoms with Crippen LogP contribution in [0.3, 0.4) is 0 Å². The number of methoxy groups -OCH3 is 2. The highest BCUT2D eigenvalue weighted by atomic mass is 16.6. The van der Waals surface area contributed by atoms with E-state index in [1.165, 1.54) is 5.56 Å². The molecule has 0 amide bonds. The van der Waals surface area contributed by atoms with Crippen molar-refractivity contribution in [3.8, 4) is 28.5 Å². The van der Waals surface area contributed by atoms with Gasteiger partial charge in [-0.05, 0) is 74.7 Å². The number of aromatic nitrogens is 1. The molecule has 0 bridgehead atoms. The Balaban J connectivity index is 1.46. The average molecular weight is 529 g/mol. The number of nitrogens with zero attached hydrogens (tertiary/aromatic N) is 2. The van der Waals surface area contributed by atoms with E-state index in [4.69, 9.17) is 23.6 Å². The largest absolute Gasteiger partial charge is 0.497 e. The quantitative estimate of drug-likeness (QED) is 0.283. The smallest absolute Gasteiger partial charge is 0.184 e. The topological polar surface area (TPSA) is 95.5 Å². The zero-order valence-electron chi connectivity index (χ0n) is 22.9. The molecule has 0 saturated heterocycles. The number of hydrogen-bond donors (Lipinski definition) is 1. The molecule has 0 fully saturated rings. The summed E-state index contributed by atoms with van der Waals surface area (Å²) in [7, 11) is 3.17. The molecule has 0 unspecified atom stereocenters. The first-order valence-corrected chi connectivity index (χ1v) is 12.7. The first-order chi connectivity index (χ1) is 18.8. The van der Waals surface area contributed by atoms with Gasteiger partial charge in [0.1, 0.15) is 34.8 Å². The van der Waals surface area contributed by atoms with Crippen molar-refractivity contribution in [3.63, 3.8) is 0 Å².